The van der Waals surface area contributed by atoms with Gasteiger partial charge in [-0.3, -0.25) is 4.79 Å². The molecule has 0 radical (unpaired) electrons. The Hall–Kier alpha value is -3.13. The number of aromatic nitrogens is 2. The molecule has 0 unspecified atom stereocenters. The van der Waals surface area contributed by atoms with Crippen LogP contribution in [0.25, 0.3) is 0 Å². The molecule has 1 aromatic heterocycles. The van der Waals surface area contributed by atoms with E-state index in [0.29, 0.717) is 38.4 Å². The van der Waals surface area contributed by atoms with Gasteiger partial charge in [-0.25, -0.2) is 14.4 Å². The molecule has 3 heterocycles. The van der Waals surface area contributed by atoms with Crippen LogP contribution in [0.2, 0.25) is 0 Å². The highest BCUT2D eigenvalue weighted by atomic mass is 32.2. The number of hydrogen-bond acceptors (Lipinski definition) is 6. The molecular weight excluding hydrogens is 449 g/mol. The van der Waals surface area contributed by atoms with Gasteiger partial charge in [-0.15, -0.1) is 0 Å². The Balaban J connectivity index is 1.23. The fraction of sp³-hybridized carbons (Fsp3) is 0.346. The van der Waals surface area contributed by atoms with Crippen LogP contribution in [0.3, 0.4) is 0 Å². The van der Waals surface area contributed by atoms with E-state index in [1.165, 1.54) is 6.07 Å². The van der Waals surface area contributed by atoms with Crippen molar-refractivity contribution >= 4 is 29.2 Å². The zero-order valence-corrected chi connectivity index (χ0v) is 19.8. The molecule has 2 aromatic carbocycles. The maximum Gasteiger partial charge on any atom is 0.227 e. The van der Waals surface area contributed by atoms with E-state index in [1.807, 2.05) is 34.1 Å². The fourth-order valence-electron chi connectivity index (χ4n) is 4.71. The van der Waals surface area contributed by atoms with Crippen LogP contribution in [0.4, 0.5) is 15.9 Å². The summed E-state index contributed by atoms with van der Waals surface area (Å²) in [4.78, 5) is 29.9. The summed E-state index contributed by atoms with van der Waals surface area (Å²) in [5.74, 6) is 0.765. The van der Waals surface area contributed by atoms with Gasteiger partial charge in [0.25, 0.3) is 0 Å². The van der Waals surface area contributed by atoms with Gasteiger partial charge in [0, 0.05) is 56.6 Å². The van der Waals surface area contributed by atoms with Gasteiger partial charge in [-0.2, -0.15) is 0 Å². The first-order valence-electron chi connectivity index (χ1n) is 11.8. The number of carbonyl (C=O) groups is 1. The Labute approximate surface area is 203 Å². The van der Waals surface area contributed by atoms with E-state index in [2.05, 4.69) is 27.0 Å². The minimum atomic E-state index is -0.210. The second kappa shape index (κ2) is 10.4. The number of piperidine rings is 1. The predicted octanol–water partition coefficient (Wildman–Crippen LogP) is 4.33. The van der Waals surface area contributed by atoms with Crippen molar-refractivity contribution in [3.8, 4) is 0 Å². The number of rotatable bonds is 5. The van der Waals surface area contributed by atoms with E-state index in [1.54, 1.807) is 36.3 Å². The van der Waals surface area contributed by atoms with Crippen molar-refractivity contribution in [3.63, 3.8) is 0 Å². The van der Waals surface area contributed by atoms with Gasteiger partial charge in [-0.1, -0.05) is 42.1 Å². The van der Waals surface area contributed by atoms with Crippen molar-refractivity contribution in [2.45, 2.75) is 22.8 Å². The van der Waals surface area contributed by atoms with E-state index >= 15 is 0 Å². The predicted molar refractivity (Wildman–Crippen MR) is 133 cm³/mol. The molecule has 2 aliphatic heterocycles. The first kappa shape index (κ1) is 22.7. The minimum Gasteiger partial charge on any atom is -0.366 e. The maximum absolute atomic E-state index is 14.2. The molecule has 5 rings (SSSR count). The Morgan fingerprint density at radius 3 is 2.41 bits per heavy atom. The Morgan fingerprint density at radius 1 is 0.882 bits per heavy atom. The van der Waals surface area contributed by atoms with Crippen LogP contribution in [0.1, 0.15) is 12.8 Å². The second-order valence-corrected chi connectivity index (χ2v) is 9.71. The lowest BCUT2D eigenvalue weighted by atomic mass is 9.96. The number of nitrogens with zero attached hydrogens (tertiary/aromatic N) is 5. The minimum absolute atomic E-state index is 0.0645. The van der Waals surface area contributed by atoms with Crippen LogP contribution in [0, 0.1) is 11.7 Å². The highest BCUT2D eigenvalue weighted by Crippen LogP contribution is 2.34. The largest absolute Gasteiger partial charge is 0.366 e. The van der Waals surface area contributed by atoms with Gasteiger partial charge in [0.15, 0.2) is 5.82 Å². The molecule has 3 aromatic rings. The third-order valence-electron chi connectivity index (χ3n) is 6.46. The highest BCUT2D eigenvalue weighted by Gasteiger charge is 2.32. The Morgan fingerprint density at radius 2 is 1.62 bits per heavy atom. The molecule has 2 aliphatic rings. The number of piperazine rings is 1. The van der Waals surface area contributed by atoms with E-state index in [4.69, 9.17) is 0 Å². The van der Waals surface area contributed by atoms with Crippen molar-refractivity contribution in [3.05, 3.63) is 72.8 Å². The number of carbonyl (C=O) groups excluding carboxylic acids is 1. The maximum atomic E-state index is 14.2. The molecule has 0 aliphatic carbocycles. The van der Waals surface area contributed by atoms with Crippen molar-refractivity contribution in [2.75, 3.05) is 49.1 Å². The SMILES string of the molecule is O=C([C@H]1CCCN(c2nccnc2Sc2ccccc2)C1)N1CCN(c2ccccc2F)CC1. The summed E-state index contributed by atoms with van der Waals surface area (Å²) in [5, 5.41) is 0.861. The van der Waals surface area contributed by atoms with Crippen LogP contribution in [0.15, 0.2) is 76.9 Å². The molecular formula is C26H28FN5OS. The molecule has 0 spiro atoms. The van der Waals surface area contributed by atoms with Gasteiger partial charge in [0.2, 0.25) is 5.91 Å². The van der Waals surface area contributed by atoms with Crippen LogP contribution in [-0.2, 0) is 4.79 Å². The molecule has 0 N–H and O–H groups in total. The summed E-state index contributed by atoms with van der Waals surface area (Å²) in [6.07, 6.45) is 5.26. The quantitative estimate of drug-likeness (QED) is 0.545. The molecule has 1 atom stereocenters. The lowest BCUT2D eigenvalue weighted by molar-refractivity contribution is -0.136. The number of anilines is 2. The highest BCUT2D eigenvalue weighted by molar-refractivity contribution is 7.99. The van der Waals surface area contributed by atoms with Gasteiger partial charge < -0.3 is 14.7 Å². The van der Waals surface area contributed by atoms with Crippen LogP contribution in [-0.4, -0.2) is 60.0 Å². The molecule has 34 heavy (non-hydrogen) atoms. The molecule has 8 heteroatoms. The van der Waals surface area contributed by atoms with Crippen molar-refractivity contribution in [1.29, 1.82) is 0 Å². The van der Waals surface area contributed by atoms with E-state index < -0.39 is 0 Å². The summed E-state index contributed by atoms with van der Waals surface area (Å²) < 4.78 is 14.2. The van der Waals surface area contributed by atoms with Crippen LogP contribution in [0.5, 0.6) is 0 Å². The molecule has 176 valence electrons. The summed E-state index contributed by atoms with van der Waals surface area (Å²) in [7, 11) is 0. The monoisotopic (exact) mass is 477 g/mol. The molecule has 2 fully saturated rings. The number of hydrogen-bond donors (Lipinski definition) is 0. The number of benzene rings is 2. The summed E-state index contributed by atoms with van der Waals surface area (Å²) in [6.45, 7) is 4.03. The van der Waals surface area contributed by atoms with Gasteiger partial charge >= 0.3 is 0 Å². The Kier molecular flexibility index (Phi) is 6.94. The number of para-hydroxylation sites is 1. The van der Waals surface area contributed by atoms with Gasteiger partial charge in [-0.05, 0) is 37.1 Å². The van der Waals surface area contributed by atoms with E-state index in [9.17, 15) is 9.18 Å². The van der Waals surface area contributed by atoms with Crippen molar-refractivity contribution < 1.29 is 9.18 Å². The summed E-state index contributed by atoms with van der Waals surface area (Å²) in [6, 6.07) is 17.0. The topological polar surface area (TPSA) is 52.6 Å². The average molecular weight is 478 g/mol. The smallest absolute Gasteiger partial charge is 0.227 e. The third kappa shape index (κ3) is 5.01. The normalized spacial score (nSPS) is 18.7. The zero-order chi connectivity index (χ0) is 23.3. The van der Waals surface area contributed by atoms with Crippen molar-refractivity contribution in [2.24, 2.45) is 5.92 Å². The van der Waals surface area contributed by atoms with Crippen molar-refractivity contribution in [1.82, 2.24) is 14.9 Å². The number of amides is 1. The standard InChI is InChI=1S/C26H28FN5OS/c27-22-10-4-5-11-23(22)30-15-17-31(18-16-30)26(33)20-7-6-14-32(19-20)24-25(29-13-12-28-24)34-21-8-2-1-3-9-21/h1-5,8-13,20H,6-7,14-19H2/t20-/m0/s1. The van der Waals surface area contributed by atoms with E-state index in [0.717, 1.165) is 35.1 Å². The van der Waals surface area contributed by atoms with E-state index in [-0.39, 0.29) is 17.6 Å². The van der Waals surface area contributed by atoms with Crippen LogP contribution >= 0.6 is 11.8 Å². The first-order valence-corrected chi connectivity index (χ1v) is 12.6. The lowest BCUT2D eigenvalue weighted by Gasteiger charge is -2.40. The first-order chi connectivity index (χ1) is 16.7. The molecule has 6 nitrogen and oxygen atoms in total. The molecule has 0 bridgehead atoms. The molecule has 0 saturated carbocycles. The van der Waals surface area contributed by atoms with Gasteiger partial charge in [0.1, 0.15) is 10.8 Å². The Bertz CT molecular complexity index is 1120. The zero-order valence-electron chi connectivity index (χ0n) is 19.0. The third-order valence-corrected chi connectivity index (χ3v) is 7.45. The lowest BCUT2D eigenvalue weighted by Crippen LogP contribution is -2.53. The average Bonchev–Trinajstić information content (AvgIpc) is 2.90. The summed E-state index contributed by atoms with van der Waals surface area (Å²) >= 11 is 1.60. The second-order valence-electron chi connectivity index (χ2n) is 8.65. The molecule has 1 amide bonds. The summed E-state index contributed by atoms with van der Waals surface area (Å²) in [5.41, 5.74) is 0.615. The fourth-order valence-corrected chi connectivity index (χ4v) is 5.62. The van der Waals surface area contributed by atoms with Gasteiger partial charge in [0.05, 0.1) is 11.6 Å². The number of halogens is 1. The van der Waals surface area contributed by atoms with Crippen LogP contribution < -0.4 is 9.80 Å². The molecule has 2 saturated heterocycles.